The number of amides is 1. The van der Waals surface area contributed by atoms with Gasteiger partial charge >= 0.3 is 6.09 Å². The van der Waals surface area contributed by atoms with Gasteiger partial charge in [0, 0.05) is 46.4 Å². The van der Waals surface area contributed by atoms with Crippen LogP contribution in [0.3, 0.4) is 0 Å². The fourth-order valence-corrected chi connectivity index (χ4v) is 1.93. The predicted octanol–water partition coefficient (Wildman–Crippen LogP) is 2.47. The molecule has 0 bridgehead atoms. The fraction of sp³-hybridized carbons (Fsp3) is 0.889. The van der Waals surface area contributed by atoms with E-state index in [1.165, 1.54) is 0 Å². The highest BCUT2D eigenvalue weighted by molar-refractivity contribution is 5.79. The van der Waals surface area contributed by atoms with Gasteiger partial charge in [0.25, 0.3) is 0 Å². The first-order chi connectivity index (χ1) is 11.7. The lowest BCUT2D eigenvalue weighted by atomic mass is 10.2. The van der Waals surface area contributed by atoms with E-state index < -0.39 is 5.60 Å². The predicted molar refractivity (Wildman–Crippen MR) is 103 cm³/mol. The van der Waals surface area contributed by atoms with Crippen LogP contribution in [-0.2, 0) is 9.47 Å². The maximum absolute atomic E-state index is 12.1. The number of rotatable bonds is 10. The van der Waals surface area contributed by atoms with Crippen LogP contribution < -0.4 is 10.6 Å². The number of nitrogens with zero attached hydrogens (tertiary/aromatic N) is 2. The van der Waals surface area contributed by atoms with Crippen molar-refractivity contribution in [3.63, 3.8) is 0 Å². The Kier molecular flexibility index (Phi) is 12.0. The van der Waals surface area contributed by atoms with Gasteiger partial charge in [-0.05, 0) is 40.0 Å². The number of likely N-dealkylation sites (N-methyl/N-ethyl adjacent to an activating group) is 1. The molecule has 0 spiro atoms. The smallest absolute Gasteiger partial charge is 0.410 e. The summed E-state index contributed by atoms with van der Waals surface area (Å²) in [7, 11) is 1.73. The van der Waals surface area contributed by atoms with Crippen LogP contribution in [0.2, 0.25) is 0 Å². The van der Waals surface area contributed by atoms with Crippen LogP contribution in [0, 0.1) is 5.92 Å². The van der Waals surface area contributed by atoms with Gasteiger partial charge < -0.3 is 25.0 Å². The molecule has 0 aliphatic rings. The van der Waals surface area contributed by atoms with Crippen molar-refractivity contribution in [1.82, 2.24) is 15.5 Å². The summed E-state index contributed by atoms with van der Waals surface area (Å²) in [6, 6.07) is 0. The highest BCUT2D eigenvalue weighted by Gasteiger charge is 2.20. The number of aliphatic imine (C=N–C) groups is 1. The Morgan fingerprint density at radius 1 is 1.20 bits per heavy atom. The lowest BCUT2D eigenvalue weighted by Gasteiger charge is -2.26. The van der Waals surface area contributed by atoms with Gasteiger partial charge in [0.05, 0.1) is 0 Å². The molecule has 25 heavy (non-hydrogen) atoms. The van der Waals surface area contributed by atoms with E-state index in [1.54, 1.807) is 11.9 Å². The van der Waals surface area contributed by atoms with Gasteiger partial charge in [-0.1, -0.05) is 13.8 Å². The Balaban J connectivity index is 3.99. The molecule has 0 rings (SSSR count). The van der Waals surface area contributed by atoms with E-state index in [0.29, 0.717) is 25.6 Å². The minimum atomic E-state index is -0.479. The number of carbonyl (C=O) groups excluding carboxylic acids is 1. The summed E-state index contributed by atoms with van der Waals surface area (Å²) in [5, 5.41) is 6.45. The minimum absolute atomic E-state index is 0.290. The molecule has 0 fully saturated rings. The third-order valence-corrected chi connectivity index (χ3v) is 3.14. The lowest BCUT2D eigenvalue weighted by Crippen LogP contribution is -2.44. The highest BCUT2D eigenvalue weighted by atomic mass is 16.6. The van der Waals surface area contributed by atoms with Gasteiger partial charge in [-0.25, -0.2) is 4.79 Å². The first kappa shape index (κ1) is 23.5. The van der Waals surface area contributed by atoms with E-state index in [9.17, 15) is 4.79 Å². The lowest BCUT2D eigenvalue weighted by molar-refractivity contribution is 0.0264. The van der Waals surface area contributed by atoms with Gasteiger partial charge in [0.15, 0.2) is 5.96 Å². The third kappa shape index (κ3) is 13.5. The van der Waals surface area contributed by atoms with E-state index in [1.807, 2.05) is 27.7 Å². The summed E-state index contributed by atoms with van der Waals surface area (Å²) in [5.74, 6) is 1.29. The summed E-state index contributed by atoms with van der Waals surface area (Å²) >= 11 is 0. The zero-order valence-corrected chi connectivity index (χ0v) is 17.1. The molecular weight excluding hydrogens is 320 g/mol. The van der Waals surface area contributed by atoms with Crippen molar-refractivity contribution < 1.29 is 14.3 Å². The average Bonchev–Trinajstić information content (AvgIpc) is 2.50. The Labute approximate surface area is 153 Å². The minimum Gasteiger partial charge on any atom is -0.444 e. The van der Waals surface area contributed by atoms with Gasteiger partial charge in [0.2, 0.25) is 0 Å². The second-order valence-corrected chi connectivity index (χ2v) is 7.31. The van der Waals surface area contributed by atoms with Gasteiger partial charge in [-0.15, -0.1) is 0 Å². The first-order valence-corrected chi connectivity index (χ1v) is 9.19. The SMILES string of the molecule is CCN(CCNC(=NC)NCCCOCC(C)C)C(=O)OC(C)(C)C. The molecular formula is C18H38N4O3. The molecule has 2 N–H and O–H groups in total. The van der Waals surface area contributed by atoms with Crippen LogP contribution in [0.15, 0.2) is 4.99 Å². The maximum Gasteiger partial charge on any atom is 0.410 e. The molecule has 0 saturated heterocycles. The number of carbonyl (C=O) groups is 1. The molecule has 0 aliphatic carbocycles. The van der Waals surface area contributed by atoms with Crippen molar-refractivity contribution in [1.29, 1.82) is 0 Å². The second kappa shape index (κ2) is 12.8. The zero-order valence-electron chi connectivity index (χ0n) is 17.1. The van der Waals surface area contributed by atoms with Crippen molar-refractivity contribution in [3.8, 4) is 0 Å². The normalized spacial score (nSPS) is 12.2. The molecule has 0 radical (unpaired) electrons. The molecule has 0 heterocycles. The van der Waals surface area contributed by atoms with Crippen LogP contribution in [-0.4, -0.2) is 69.0 Å². The van der Waals surface area contributed by atoms with Crippen molar-refractivity contribution in [3.05, 3.63) is 0 Å². The number of guanidine groups is 1. The molecule has 1 amide bonds. The van der Waals surface area contributed by atoms with Crippen molar-refractivity contribution >= 4 is 12.1 Å². The molecule has 0 atom stereocenters. The molecule has 0 aromatic rings. The molecule has 7 heteroatoms. The molecule has 0 unspecified atom stereocenters. The summed E-state index contributed by atoms with van der Waals surface area (Å²) in [5.41, 5.74) is -0.479. The molecule has 148 valence electrons. The molecule has 0 aliphatic heterocycles. The number of nitrogens with one attached hydrogen (secondary N) is 2. The molecule has 7 nitrogen and oxygen atoms in total. The van der Waals surface area contributed by atoms with Crippen LogP contribution in [0.4, 0.5) is 4.79 Å². The Morgan fingerprint density at radius 3 is 2.36 bits per heavy atom. The molecule has 0 saturated carbocycles. The molecule has 0 aromatic heterocycles. The Hall–Kier alpha value is -1.50. The Bertz CT molecular complexity index is 392. The average molecular weight is 359 g/mol. The Morgan fingerprint density at radius 2 is 1.84 bits per heavy atom. The number of hydrogen-bond acceptors (Lipinski definition) is 4. The van der Waals surface area contributed by atoms with Crippen molar-refractivity contribution in [2.75, 3.05) is 46.4 Å². The number of ether oxygens (including phenoxy) is 2. The quantitative estimate of drug-likeness (QED) is 0.356. The summed E-state index contributed by atoms with van der Waals surface area (Å²) in [4.78, 5) is 17.9. The van der Waals surface area contributed by atoms with Crippen LogP contribution in [0.25, 0.3) is 0 Å². The summed E-state index contributed by atoms with van der Waals surface area (Å²) < 4.78 is 10.9. The monoisotopic (exact) mass is 358 g/mol. The maximum atomic E-state index is 12.1. The standard InChI is InChI=1S/C18H38N4O3/c1-8-22(17(23)25-18(4,5)6)12-11-21-16(19-7)20-10-9-13-24-14-15(2)3/h15H,8-14H2,1-7H3,(H2,19,20,21). The van der Waals surface area contributed by atoms with Crippen LogP contribution >= 0.6 is 0 Å². The van der Waals surface area contributed by atoms with Crippen molar-refractivity contribution in [2.45, 2.75) is 53.6 Å². The first-order valence-electron chi connectivity index (χ1n) is 9.19. The van der Waals surface area contributed by atoms with Gasteiger partial charge in [-0.2, -0.15) is 0 Å². The highest BCUT2D eigenvalue weighted by Crippen LogP contribution is 2.09. The van der Waals surface area contributed by atoms with Crippen molar-refractivity contribution in [2.24, 2.45) is 10.9 Å². The number of hydrogen-bond donors (Lipinski definition) is 2. The second-order valence-electron chi connectivity index (χ2n) is 7.31. The van der Waals surface area contributed by atoms with E-state index in [4.69, 9.17) is 9.47 Å². The van der Waals surface area contributed by atoms with Gasteiger partial charge in [0.1, 0.15) is 5.60 Å². The van der Waals surface area contributed by atoms with E-state index in [0.717, 1.165) is 32.1 Å². The topological polar surface area (TPSA) is 75.2 Å². The van der Waals surface area contributed by atoms with Crippen LogP contribution in [0.1, 0.15) is 48.0 Å². The zero-order chi connectivity index (χ0) is 19.3. The summed E-state index contributed by atoms with van der Waals surface area (Å²) in [6.45, 7) is 15.9. The third-order valence-electron chi connectivity index (χ3n) is 3.14. The summed E-state index contributed by atoms with van der Waals surface area (Å²) in [6.07, 6.45) is 0.633. The largest absolute Gasteiger partial charge is 0.444 e. The fourth-order valence-electron chi connectivity index (χ4n) is 1.93. The van der Waals surface area contributed by atoms with E-state index in [-0.39, 0.29) is 6.09 Å². The van der Waals surface area contributed by atoms with E-state index >= 15 is 0 Å². The molecule has 0 aromatic carbocycles. The van der Waals surface area contributed by atoms with E-state index in [2.05, 4.69) is 29.5 Å². The van der Waals surface area contributed by atoms with Crippen LogP contribution in [0.5, 0.6) is 0 Å². The van der Waals surface area contributed by atoms with Gasteiger partial charge in [-0.3, -0.25) is 4.99 Å².